The van der Waals surface area contributed by atoms with Gasteiger partial charge in [-0.3, -0.25) is 0 Å². The minimum Gasteiger partial charge on any atom is -0.395 e. The highest BCUT2D eigenvalue weighted by atomic mass is 16.3. The average molecular weight is 265 g/mol. The van der Waals surface area contributed by atoms with Crippen LogP contribution >= 0.6 is 0 Å². The molecule has 0 aliphatic heterocycles. The molecule has 0 unspecified atom stereocenters. The molecule has 3 nitrogen and oxygen atoms in total. The molecule has 0 saturated carbocycles. The van der Waals surface area contributed by atoms with Gasteiger partial charge in [0, 0.05) is 12.5 Å². The molecule has 1 rings (SSSR count). The van der Waals surface area contributed by atoms with E-state index in [9.17, 15) is 10.2 Å². The number of rotatable bonds is 6. The Morgan fingerprint density at radius 1 is 1.26 bits per heavy atom. The summed E-state index contributed by atoms with van der Waals surface area (Å²) >= 11 is 0. The lowest BCUT2D eigenvalue weighted by atomic mass is 9.86. The van der Waals surface area contributed by atoms with Crippen LogP contribution in [0.1, 0.15) is 50.3 Å². The van der Waals surface area contributed by atoms with Crippen molar-refractivity contribution in [2.45, 2.75) is 58.1 Å². The van der Waals surface area contributed by atoms with E-state index >= 15 is 0 Å². The highest BCUT2D eigenvalue weighted by molar-refractivity contribution is 5.38. The second-order valence-corrected chi connectivity index (χ2v) is 6.28. The first-order valence-electron chi connectivity index (χ1n) is 6.94. The monoisotopic (exact) mass is 265 g/mol. The molecule has 1 aromatic carbocycles. The molecule has 0 heterocycles. The van der Waals surface area contributed by atoms with Gasteiger partial charge in [-0.05, 0) is 42.9 Å². The van der Waals surface area contributed by atoms with Crippen LogP contribution in [-0.4, -0.2) is 28.5 Å². The Labute approximate surface area is 116 Å². The Morgan fingerprint density at radius 3 is 2.37 bits per heavy atom. The number of aliphatic hydroxyl groups excluding tert-OH is 1. The molecule has 0 bridgehead atoms. The molecule has 0 spiro atoms. The van der Waals surface area contributed by atoms with Crippen molar-refractivity contribution in [1.29, 1.82) is 0 Å². The van der Waals surface area contributed by atoms with Gasteiger partial charge in [-0.1, -0.05) is 32.0 Å². The molecule has 0 aliphatic rings. The number of benzene rings is 1. The van der Waals surface area contributed by atoms with E-state index in [1.807, 2.05) is 26.0 Å². The fraction of sp³-hybridized carbons (Fsp3) is 0.625. The van der Waals surface area contributed by atoms with Gasteiger partial charge in [-0.25, -0.2) is 0 Å². The van der Waals surface area contributed by atoms with Gasteiger partial charge in [-0.15, -0.1) is 0 Å². The van der Waals surface area contributed by atoms with Crippen LogP contribution in [0.2, 0.25) is 0 Å². The van der Waals surface area contributed by atoms with Crippen LogP contribution in [0, 0.1) is 0 Å². The maximum atomic E-state index is 10.0. The van der Waals surface area contributed by atoms with Crippen LogP contribution in [0.15, 0.2) is 18.2 Å². The molecule has 0 amide bonds. The molecule has 0 radical (unpaired) electrons. The number of aliphatic hydroxyl groups is 2. The van der Waals surface area contributed by atoms with Gasteiger partial charge in [0.1, 0.15) is 0 Å². The van der Waals surface area contributed by atoms with E-state index in [0.717, 1.165) is 5.56 Å². The van der Waals surface area contributed by atoms with Crippen molar-refractivity contribution in [3.63, 3.8) is 0 Å². The standard InChI is InChI=1S/C16H27NO2/c1-11(2)14-7-5-6-12(9-16(3,4)19)15(14)8-13(17)10-18/h5-7,11,13,18-19H,8-10,17H2,1-4H3/t13-/m1/s1. The van der Waals surface area contributed by atoms with Crippen molar-refractivity contribution in [2.24, 2.45) is 5.73 Å². The minimum absolute atomic E-state index is 0.0195. The van der Waals surface area contributed by atoms with Crippen LogP contribution < -0.4 is 5.73 Å². The van der Waals surface area contributed by atoms with Gasteiger partial charge in [0.25, 0.3) is 0 Å². The summed E-state index contributed by atoms with van der Waals surface area (Å²) in [5.41, 5.74) is 8.72. The summed E-state index contributed by atoms with van der Waals surface area (Å²) in [4.78, 5) is 0. The lowest BCUT2D eigenvalue weighted by Gasteiger charge is -2.24. The summed E-state index contributed by atoms with van der Waals surface area (Å²) in [5.74, 6) is 0.405. The maximum absolute atomic E-state index is 10.0. The lowest BCUT2D eigenvalue weighted by molar-refractivity contribution is 0.0807. The summed E-state index contributed by atoms with van der Waals surface area (Å²) in [6, 6.07) is 5.94. The van der Waals surface area contributed by atoms with E-state index in [4.69, 9.17) is 5.73 Å². The van der Waals surface area contributed by atoms with E-state index in [1.165, 1.54) is 11.1 Å². The molecule has 0 fully saturated rings. The molecule has 108 valence electrons. The van der Waals surface area contributed by atoms with E-state index < -0.39 is 5.60 Å². The Balaban J connectivity index is 3.18. The predicted octanol–water partition coefficient (Wildman–Crippen LogP) is 1.99. The maximum Gasteiger partial charge on any atom is 0.0632 e. The Bertz CT molecular complexity index is 408. The van der Waals surface area contributed by atoms with Crippen molar-refractivity contribution in [1.82, 2.24) is 0 Å². The first-order chi connectivity index (χ1) is 8.74. The topological polar surface area (TPSA) is 66.5 Å². The zero-order chi connectivity index (χ0) is 14.6. The minimum atomic E-state index is -0.742. The lowest BCUT2D eigenvalue weighted by Crippen LogP contribution is -2.29. The quantitative estimate of drug-likeness (QED) is 0.737. The van der Waals surface area contributed by atoms with Crippen molar-refractivity contribution < 1.29 is 10.2 Å². The average Bonchev–Trinajstić information content (AvgIpc) is 2.28. The first-order valence-corrected chi connectivity index (χ1v) is 6.94. The second kappa shape index (κ2) is 6.51. The number of nitrogens with two attached hydrogens (primary N) is 1. The number of hydrogen-bond donors (Lipinski definition) is 3. The van der Waals surface area contributed by atoms with E-state index in [0.29, 0.717) is 18.8 Å². The zero-order valence-corrected chi connectivity index (χ0v) is 12.5. The van der Waals surface area contributed by atoms with Crippen LogP contribution in [0.5, 0.6) is 0 Å². The summed E-state index contributed by atoms with van der Waals surface area (Å²) in [5, 5.41) is 19.2. The Morgan fingerprint density at radius 2 is 1.89 bits per heavy atom. The molecule has 1 atom stereocenters. The van der Waals surface area contributed by atoms with Crippen molar-refractivity contribution in [2.75, 3.05) is 6.61 Å². The molecule has 1 aromatic rings. The molecule has 0 aliphatic carbocycles. The van der Waals surface area contributed by atoms with E-state index in [1.54, 1.807) is 0 Å². The van der Waals surface area contributed by atoms with Gasteiger partial charge in [0.05, 0.1) is 12.2 Å². The second-order valence-electron chi connectivity index (χ2n) is 6.28. The Hall–Kier alpha value is -0.900. The van der Waals surface area contributed by atoms with Crippen molar-refractivity contribution in [3.05, 3.63) is 34.9 Å². The smallest absolute Gasteiger partial charge is 0.0632 e. The molecule has 0 saturated heterocycles. The van der Waals surface area contributed by atoms with Gasteiger partial charge in [0.2, 0.25) is 0 Å². The fourth-order valence-electron chi connectivity index (χ4n) is 2.40. The zero-order valence-electron chi connectivity index (χ0n) is 12.5. The molecule has 3 heteroatoms. The molecule has 0 aromatic heterocycles. The first kappa shape index (κ1) is 16.2. The third kappa shape index (κ3) is 4.94. The molecular formula is C16H27NO2. The molecular weight excluding hydrogens is 238 g/mol. The van der Waals surface area contributed by atoms with Crippen molar-refractivity contribution >= 4 is 0 Å². The number of hydrogen-bond acceptors (Lipinski definition) is 3. The SMILES string of the molecule is CC(C)c1cccc(CC(C)(C)O)c1C[C@@H](N)CO. The Kier molecular flexibility index (Phi) is 5.53. The van der Waals surface area contributed by atoms with Gasteiger partial charge in [0.15, 0.2) is 0 Å². The molecule has 4 N–H and O–H groups in total. The third-order valence-corrected chi connectivity index (χ3v) is 3.26. The fourth-order valence-corrected chi connectivity index (χ4v) is 2.40. The van der Waals surface area contributed by atoms with Crippen LogP contribution in [0.25, 0.3) is 0 Å². The van der Waals surface area contributed by atoms with Gasteiger partial charge < -0.3 is 15.9 Å². The summed E-state index contributed by atoms with van der Waals surface area (Å²) in [6.07, 6.45) is 1.25. The summed E-state index contributed by atoms with van der Waals surface area (Å²) in [6.45, 7) is 7.90. The van der Waals surface area contributed by atoms with Crippen LogP contribution in [-0.2, 0) is 12.8 Å². The van der Waals surface area contributed by atoms with Crippen LogP contribution in [0.4, 0.5) is 0 Å². The summed E-state index contributed by atoms with van der Waals surface area (Å²) < 4.78 is 0. The highest BCUT2D eigenvalue weighted by Gasteiger charge is 2.19. The largest absolute Gasteiger partial charge is 0.395 e. The van der Waals surface area contributed by atoms with E-state index in [-0.39, 0.29) is 12.6 Å². The predicted molar refractivity (Wildman–Crippen MR) is 79.3 cm³/mol. The highest BCUT2D eigenvalue weighted by Crippen LogP contribution is 2.26. The van der Waals surface area contributed by atoms with E-state index in [2.05, 4.69) is 19.9 Å². The van der Waals surface area contributed by atoms with Gasteiger partial charge >= 0.3 is 0 Å². The van der Waals surface area contributed by atoms with Crippen molar-refractivity contribution in [3.8, 4) is 0 Å². The third-order valence-electron chi connectivity index (χ3n) is 3.26. The normalized spacial score (nSPS) is 13.9. The molecule has 19 heavy (non-hydrogen) atoms. The van der Waals surface area contributed by atoms with Gasteiger partial charge in [-0.2, -0.15) is 0 Å². The summed E-state index contributed by atoms with van der Waals surface area (Å²) in [7, 11) is 0. The van der Waals surface area contributed by atoms with Crippen LogP contribution in [0.3, 0.4) is 0 Å².